The van der Waals surface area contributed by atoms with Crippen molar-refractivity contribution >= 4 is 0 Å². The van der Waals surface area contributed by atoms with Crippen LogP contribution in [-0.2, 0) is 0 Å². The lowest BCUT2D eigenvalue weighted by Gasteiger charge is -2.05. The quantitative estimate of drug-likeness (QED) is 0.561. The van der Waals surface area contributed by atoms with Gasteiger partial charge in [-0.05, 0) is 7.05 Å². The Morgan fingerprint density at radius 2 is 1.00 bits per heavy atom. The second-order valence-corrected chi connectivity index (χ2v) is 1.41. The topological polar surface area (TPSA) is 26.0 Å². The molecule has 0 spiro atoms. The molecule has 0 radical (unpaired) electrons. The zero-order chi connectivity index (χ0) is 9.54. The number of nitrogens with two attached hydrogens (primary N) is 1. The fraction of sp³-hybridized carbons (Fsp3) is 1.00. The number of hydrogen-bond acceptors (Lipinski definition) is 1. The molecule has 0 aromatic rings. The van der Waals surface area contributed by atoms with Crippen LogP contribution in [-0.4, -0.2) is 7.05 Å². The zero-order valence-corrected chi connectivity index (χ0v) is 8.33. The van der Waals surface area contributed by atoms with E-state index in [1.165, 1.54) is 25.7 Å². The molecule has 0 aromatic heterocycles. The van der Waals surface area contributed by atoms with Crippen molar-refractivity contribution in [2.75, 3.05) is 7.05 Å². The average molecular weight is 148 g/mol. The standard InChI is InChI=1S/C4H8.2C2H6.CH5N/c1-2-4-3-1;3*1-2/h1-4H2;2*1-2H3;2H2,1H3/i/hD. The summed E-state index contributed by atoms with van der Waals surface area (Å²) in [5.41, 5.74) is 2.00. The van der Waals surface area contributed by atoms with E-state index in [4.69, 9.17) is 1.41 Å². The summed E-state index contributed by atoms with van der Waals surface area (Å²) < 4.78 is 5.96. The van der Waals surface area contributed by atoms with Gasteiger partial charge in [-0.3, -0.25) is 0 Å². The lowest BCUT2D eigenvalue weighted by atomic mass is 10.0. The highest BCUT2D eigenvalue weighted by atomic mass is 14.4. The Bertz CT molecular complexity index is 24.7. The maximum absolute atomic E-state index is 5.96. The summed E-state index contributed by atoms with van der Waals surface area (Å²) in [5.74, 6) is 0. The summed E-state index contributed by atoms with van der Waals surface area (Å²) >= 11 is 0. The third-order valence-corrected chi connectivity index (χ3v) is 1.000. The van der Waals surface area contributed by atoms with E-state index in [1.54, 1.807) is 7.05 Å². The average Bonchev–Trinajstić information content (AvgIpc) is 1.93. The molecule has 0 aromatic carbocycles. The zero-order valence-electron chi connectivity index (χ0n) is 9.33. The normalized spacial score (nSPS) is 12.7. The minimum Gasteiger partial charge on any atom is -0.333 e. The molecule has 66 valence electrons. The van der Waals surface area contributed by atoms with E-state index in [0.717, 1.165) is 0 Å². The summed E-state index contributed by atoms with van der Waals surface area (Å²) in [7, 11) is 1.54. The van der Waals surface area contributed by atoms with Crippen molar-refractivity contribution in [2.45, 2.75) is 53.4 Å². The summed E-state index contributed by atoms with van der Waals surface area (Å²) in [6, 6.07) is 0. The van der Waals surface area contributed by atoms with Crippen LogP contribution in [0, 0.1) is 0 Å². The van der Waals surface area contributed by atoms with E-state index in [2.05, 4.69) is 0 Å². The molecule has 2 N–H and O–H groups in total. The van der Waals surface area contributed by atoms with Gasteiger partial charge in [-0.1, -0.05) is 53.4 Å². The minimum atomic E-state index is 1.50. The van der Waals surface area contributed by atoms with Gasteiger partial charge in [0, 0.05) is 0 Å². The third kappa shape index (κ3) is 24.6. The Balaban J connectivity index is -0.0000000835. The van der Waals surface area contributed by atoms with E-state index < -0.39 is 0 Å². The highest BCUT2D eigenvalue weighted by Gasteiger charge is 1.95. The van der Waals surface area contributed by atoms with Crippen LogP contribution in [0.4, 0.5) is 0 Å². The first-order valence-electron chi connectivity index (χ1n) is 5.00. The first-order chi connectivity index (χ1) is 5.41. The second kappa shape index (κ2) is 36.2. The first kappa shape index (κ1) is 12.6. The van der Waals surface area contributed by atoms with Gasteiger partial charge in [-0.2, -0.15) is 0 Å². The number of rotatable bonds is 0. The molecule has 0 amide bonds. The van der Waals surface area contributed by atoms with Crippen LogP contribution in [0.15, 0.2) is 0 Å². The van der Waals surface area contributed by atoms with E-state index in [0.29, 0.717) is 0 Å². The SMILES string of the molecule is C1CCC1.CC.CC.[2H]NC. The molecule has 0 saturated heterocycles. The predicted molar refractivity (Wildman–Crippen MR) is 51.3 cm³/mol. The summed E-state index contributed by atoms with van der Waals surface area (Å²) in [5, 5.41) is 0. The summed E-state index contributed by atoms with van der Waals surface area (Å²) in [6.07, 6.45) is 6.00. The van der Waals surface area contributed by atoms with Crippen LogP contribution in [0.25, 0.3) is 0 Å². The van der Waals surface area contributed by atoms with Crippen molar-refractivity contribution in [3.05, 3.63) is 0 Å². The molecule has 0 unspecified atom stereocenters. The van der Waals surface area contributed by atoms with Crippen LogP contribution in [0.5, 0.6) is 0 Å². The summed E-state index contributed by atoms with van der Waals surface area (Å²) in [4.78, 5) is 0. The Labute approximate surface area is 68.5 Å². The lowest BCUT2D eigenvalue weighted by molar-refractivity contribution is 0.504. The second-order valence-electron chi connectivity index (χ2n) is 1.41. The minimum absolute atomic E-state index is 1.50. The fourth-order valence-electron chi connectivity index (χ4n) is 0.250. The molecule has 10 heavy (non-hydrogen) atoms. The van der Waals surface area contributed by atoms with Gasteiger partial charge in [0.15, 0.2) is 0 Å². The molecule has 1 fully saturated rings. The molecule has 1 saturated carbocycles. The van der Waals surface area contributed by atoms with Gasteiger partial charge in [0.05, 0.1) is 0 Å². The van der Waals surface area contributed by atoms with Crippen LogP contribution < -0.4 is 5.73 Å². The van der Waals surface area contributed by atoms with Crippen molar-refractivity contribution in [2.24, 2.45) is 5.73 Å². The van der Waals surface area contributed by atoms with Gasteiger partial charge in [0.1, 0.15) is 1.41 Å². The summed E-state index contributed by atoms with van der Waals surface area (Å²) in [6.45, 7) is 8.00. The van der Waals surface area contributed by atoms with Crippen LogP contribution in [0.3, 0.4) is 0 Å². The van der Waals surface area contributed by atoms with Crippen molar-refractivity contribution in [3.63, 3.8) is 0 Å². The molecule has 1 heteroatoms. The predicted octanol–water partition coefficient (Wildman–Crippen LogP) is 3.19. The Hall–Kier alpha value is -0.0400. The maximum atomic E-state index is 5.96. The highest BCUT2D eigenvalue weighted by Crippen LogP contribution is 2.15. The largest absolute Gasteiger partial charge is 0.333 e. The Morgan fingerprint density at radius 3 is 1.00 bits per heavy atom. The van der Waals surface area contributed by atoms with Crippen molar-refractivity contribution in [1.29, 1.82) is 0 Å². The monoisotopic (exact) mass is 148 g/mol. The smallest absolute Gasteiger partial charge is 0.118 e. The third-order valence-electron chi connectivity index (χ3n) is 1.000. The highest BCUT2D eigenvalue weighted by molar-refractivity contribution is 4.50. The molecule has 0 bridgehead atoms. The van der Waals surface area contributed by atoms with Crippen molar-refractivity contribution in [1.82, 2.24) is 0 Å². The molecule has 1 aliphatic carbocycles. The fourth-order valence-corrected chi connectivity index (χ4v) is 0.250. The van der Waals surface area contributed by atoms with Gasteiger partial charge in [-0.15, -0.1) is 0 Å². The Morgan fingerprint density at radius 1 is 0.900 bits per heavy atom. The molecule has 1 nitrogen and oxygen atoms in total. The van der Waals surface area contributed by atoms with Gasteiger partial charge < -0.3 is 5.73 Å². The maximum Gasteiger partial charge on any atom is 0.118 e. The van der Waals surface area contributed by atoms with Gasteiger partial charge in [0.2, 0.25) is 0 Å². The molecular weight excluding hydrogens is 122 g/mol. The van der Waals surface area contributed by atoms with E-state index >= 15 is 0 Å². The Kier molecular flexibility index (Phi) is 45.7. The number of hydrogen-bond donors (Lipinski definition) is 1. The van der Waals surface area contributed by atoms with Crippen LogP contribution in [0.2, 0.25) is 1.41 Å². The van der Waals surface area contributed by atoms with Gasteiger partial charge >= 0.3 is 0 Å². The van der Waals surface area contributed by atoms with E-state index in [9.17, 15) is 0 Å². The van der Waals surface area contributed by atoms with Crippen LogP contribution >= 0.6 is 0 Å². The molecule has 0 heterocycles. The van der Waals surface area contributed by atoms with Gasteiger partial charge in [-0.25, -0.2) is 0 Å². The molecule has 0 aliphatic heterocycles. The van der Waals surface area contributed by atoms with Crippen LogP contribution in [0.1, 0.15) is 53.4 Å². The molecule has 0 atom stereocenters. The van der Waals surface area contributed by atoms with Crippen molar-refractivity contribution in [3.8, 4) is 0 Å². The first-order valence-corrected chi connectivity index (χ1v) is 4.50. The molecule has 1 aliphatic rings. The van der Waals surface area contributed by atoms with Gasteiger partial charge in [0.25, 0.3) is 0 Å². The molecule has 1 rings (SSSR count). The van der Waals surface area contributed by atoms with Crippen molar-refractivity contribution < 1.29 is 1.41 Å². The lowest BCUT2D eigenvalue weighted by Crippen LogP contribution is -1.85. The molecular formula is C9H25N. The van der Waals surface area contributed by atoms with E-state index in [1.807, 2.05) is 33.4 Å². The van der Waals surface area contributed by atoms with E-state index in [-0.39, 0.29) is 0 Å².